The predicted octanol–water partition coefficient (Wildman–Crippen LogP) is 0.377. The Morgan fingerprint density at radius 3 is 2.53 bits per heavy atom. The van der Waals surface area contributed by atoms with Crippen LogP contribution < -0.4 is 10.5 Å². The van der Waals surface area contributed by atoms with Gasteiger partial charge in [-0.3, -0.25) is 0 Å². The van der Waals surface area contributed by atoms with E-state index in [-0.39, 0.29) is 12.4 Å². The van der Waals surface area contributed by atoms with Gasteiger partial charge in [0.05, 0.1) is 12.4 Å². The van der Waals surface area contributed by atoms with E-state index < -0.39 is 10.0 Å². The van der Waals surface area contributed by atoms with Crippen molar-refractivity contribution >= 4 is 15.7 Å². The molecule has 17 heavy (non-hydrogen) atoms. The van der Waals surface area contributed by atoms with E-state index in [0.29, 0.717) is 18.7 Å². The summed E-state index contributed by atoms with van der Waals surface area (Å²) in [7, 11) is -1.75. The number of rotatable bonds is 7. The Balaban J connectivity index is 2.34. The number of benzene rings is 1. The number of hydrogen-bond donors (Lipinski definition) is 2. The van der Waals surface area contributed by atoms with E-state index in [4.69, 9.17) is 10.5 Å². The summed E-state index contributed by atoms with van der Waals surface area (Å²) in [4.78, 5) is 0. The number of nitrogens with one attached hydrogen (secondary N) is 1. The third-order valence-corrected chi connectivity index (χ3v) is 3.62. The van der Waals surface area contributed by atoms with Gasteiger partial charge in [0.1, 0.15) is 0 Å². The summed E-state index contributed by atoms with van der Waals surface area (Å²) in [6.07, 6.45) is 0.645. The number of sulfonamides is 1. The predicted molar refractivity (Wildman–Crippen MR) is 68.2 cm³/mol. The zero-order valence-electron chi connectivity index (χ0n) is 9.85. The van der Waals surface area contributed by atoms with Gasteiger partial charge < -0.3 is 10.5 Å². The van der Waals surface area contributed by atoms with E-state index >= 15 is 0 Å². The van der Waals surface area contributed by atoms with Gasteiger partial charge in [0.15, 0.2) is 0 Å². The van der Waals surface area contributed by atoms with E-state index in [1.165, 1.54) is 7.11 Å². The maximum absolute atomic E-state index is 11.4. The highest BCUT2D eigenvalue weighted by molar-refractivity contribution is 7.89. The van der Waals surface area contributed by atoms with Crippen LogP contribution >= 0.6 is 0 Å². The molecule has 6 heteroatoms. The molecule has 0 aliphatic rings. The number of ether oxygens (including phenoxy) is 1. The van der Waals surface area contributed by atoms with Gasteiger partial charge >= 0.3 is 0 Å². The lowest BCUT2D eigenvalue weighted by Crippen LogP contribution is -2.29. The summed E-state index contributed by atoms with van der Waals surface area (Å²) in [5.74, 6) is -0.00869. The van der Waals surface area contributed by atoms with Crippen molar-refractivity contribution in [1.29, 1.82) is 0 Å². The lowest BCUT2D eigenvalue weighted by atomic mass is 10.1. The van der Waals surface area contributed by atoms with Crippen LogP contribution in [0.3, 0.4) is 0 Å². The van der Waals surface area contributed by atoms with Crippen LogP contribution in [-0.4, -0.2) is 34.4 Å². The van der Waals surface area contributed by atoms with E-state index in [2.05, 4.69) is 4.72 Å². The van der Waals surface area contributed by atoms with Gasteiger partial charge in [-0.1, -0.05) is 12.1 Å². The number of nitrogens with two attached hydrogens (primary N) is 1. The molecule has 5 nitrogen and oxygen atoms in total. The molecule has 0 unspecified atom stereocenters. The summed E-state index contributed by atoms with van der Waals surface area (Å²) in [5, 5.41) is 0. The minimum absolute atomic E-state index is 0.00869. The topological polar surface area (TPSA) is 81.4 Å². The summed E-state index contributed by atoms with van der Waals surface area (Å²) >= 11 is 0. The molecule has 1 aromatic carbocycles. The van der Waals surface area contributed by atoms with E-state index in [9.17, 15) is 8.42 Å². The van der Waals surface area contributed by atoms with Crippen molar-refractivity contribution in [3.63, 3.8) is 0 Å². The highest BCUT2D eigenvalue weighted by Crippen LogP contribution is 2.05. The molecule has 0 aliphatic heterocycles. The molecule has 3 N–H and O–H groups in total. The van der Waals surface area contributed by atoms with Gasteiger partial charge in [0.2, 0.25) is 10.0 Å². The normalized spacial score (nSPS) is 11.6. The second-order valence-electron chi connectivity index (χ2n) is 3.70. The van der Waals surface area contributed by atoms with E-state index in [1.54, 1.807) is 12.1 Å². The molecule has 0 atom stereocenters. The van der Waals surface area contributed by atoms with Gasteiger partial charge in [-0.15, -0.1) is 0 Å². The largest absolute Gasteiger partial charge is 0.399 e. The van der Waals surface area contributed by atoms with Gasteiger partial charge in [0, 0.05) is 19.3 Å². The summed E-state index contributed by atoms with van der Waals surface area (Å²) in [6.45, 7) is 0.590. The average Bonchev–Trinajstić information content (AvgIpc) is 2.29. The summed E-state index contributed by atoms with van der Waals surface area (Å²) < 4.78 is 30.1. The molecule has 0 radical (unpaired) electrons. The fraction of sp³-hybridized carbons (Fsp3) is 0.455. The molecule has 1 aromatic rings. The third-order valence-electron chi connectivity index (χ3n) is 2.27. The Labute approximate surface area is 102 Å². The average molecular weight is 258 g/mol. The molecule has 96 valence electrons. The number of methoxy groups -OCH3 is 1. The highest BCUT2D eigenvalue weighted by Gasteiger charge is 2.08. The number of hydrogen-bond acceptors (Lipinski definition) is 4. The molecule has 0 aliphatic carbocycles. The Kier molecular flexibility index (Phi) is 5.40. The smallest absolute Gasteiger partial charge is 0.213 e. The number of anilines is 1. The van der Waals surface area contributed by atoms with Crippen molar-refractivity contribution < 1.29 is 13.2 Å². The fourth-order valence-corrected chi connectivity index (χ4v) is 2.24. The van der Waals surface area contributed by atoms with Crippen LogP contribution in [0.2, 0.25) is 0 Å². The maximum Gasteiger partial charge on any atom is 0.213 e. The maximum atomic E-state index is 11.4. The van der Waals surface area contributed by atoms with Crippen molar-refractivity contribution in [2.45, 2.75) is 6.42 Å². The lowest BCUT2D eigenvalue weighted by molar-refractivity contribution is 0.217. The second kappa shape index (κ2) is 6.58. The number of nitrogen functional groups attached to an aromatic ring is 1. The van der Waals surface area contributed by atoms with Gasteiger partial charge in [0.25, 0.3) is 0 Å². The first-order chi connectivity index (χ1) is 8.03. The molecule has 0 saturated heterocycles. The Morgan fingerprint density at radius 1 is 1.29 bits per heavy atom. The van der Waals surface area contributed by atoms with Crippen molar-refractivity contribution in [2.24, 2.45) is 0 Å². The first-order valence-corrected chi connectivity index (χ1v) is 6.99. The first-order valence-electron chi connectivity index (χ1n) is 5.34. The Morgan fingerprint density at radius 2 is 1.94 bits per heavy atom. The van der Waals surface area contributed by atoms with Crippen LogP contribution in [0, 0.1) is 0 Å². The zero-order chi connectivity index (χ0) is 12.7. The summed E-state index contributed by atoms with van der Waals surface area (Å²) in [6, 6.07) is 7.38. The fourth-order valence-electron chi connectivity index (χ4n) is 1.30. The molecule has 0 amide bonds. The standard InChI is InChI=1S/C11H18N2O3S/c1-16-8-9-17(14,15)13-7-6-10-2-4-11(12)5-3-10/h2-5,13H,6-9,12H2,1H3. The summed E-state index contributed by atoms with van der Waals surface area (Å²) in [5.41, 5.74) is 7.31. The molecule has 0 saturated carbocycles. The molecule has 0 heterocycles. The van der Waals surface area contributed by atoms with E-state index in [0.717, 1.165) is 5.56 Å². The van der Waals surface area contributed by atoms with Crippen molar-refractivity contribution in [1.82, 2.24) is 4.72 Å². The Hall–Kier alpha value is -1.11. The second-order valence-corrected chi connectivity index (χ2v) is 5.62. The van der Waals surface area contributed by atoms with Crippen LogP contribution in [0.15, 0.2) is 24.3 Å². The van der Waals surface area contributed by atoms with Crippen LogP contribution in [0.25, 0.3) is 0 Å². The van der Waals surface area contributed by atoms with Gasteiger partial charge in [-0.05, 0) is 24.1 Å². The Bertz CT molecular complexity index is 429. The molecule has 0 aromatic heterocycles. The highest BCUT2D eigenvalue weighted by atomic mass is 32.2. The van der Waals surface area contributed by atoms with Crippen LogP contribution in [0.1, 0.15) is 5.56 Å². The minimum atomic E-state index is -3.22. The van der Waals surface area contributed by atoms with Crippen molar-refractivity contribution in [2.75, 3.05) is 31.7 Å². The molecular weight excluding hydrogens is 240 g/mol. The third kappa shape index (κ3) is 5.67. The molecule has 0 bridgehead atoms. The van der Waals surface area contributed by atoms with Crippen LogP contribution in [-0.2, 0) is 21.2 Å². The van der Waals surface area contributed by atoms with Gasteiger partial charge in [-0.25, -0.2) is 13.1 Å². The van der Waals surface area contributed by atoms with E-state index in [1.807, 2.05) is 12.1 Å². The first kappa shape index (κ1) is 14.0. The minimum Gasteiger partial charge on any atom is -0.399 e. The van der Waals surface area contributed by atoms with Crippen LogP contribution in [0.5, 0.6) is 0 Å². The zero-order valence-corrected chi connectivity index (χ0v) is 10.7. The molecular formula is C11H18N2O3S. The van der Waals surface area contributed by atoms with Crippen LogP contribution in [0.4, 0.5) is 5.69 Å². The van der Waals surface area contributed by atoms with Gasteiger partial charge in [-0.2, -0.15) is 0 Å². The molecule has 0 fully saturated rings. The SMILES string of the molecule is COCCS(=O)(=O)NCCc1ccc(N)cc1. The van der Waals surface area contributed by atoms with Crippen molar-refractivity contribution in [3.05, 3.63) is 29.8 Å². The monoisotopic (exact) mass is 258 g/mol. The lowest BCUT2D eigenvalue weighted by Gasteiger charge is -2.06. The molecule has 0 spiro atoms. The molecule has 1 rings (SSSR count). The quantitative estimate of drug-likeness (QED) is 0.693. The van der Waals surface area contributed by atoms with Crippen molar-refractivity contribution in [3.8, 4) is 0 Å².